The van der Waals surface area contributed by atoms with Crippen molar-refractivity contribution in [3.63, 3.8) is 0 Å². The number of anilines is 2. The van der Waals surface area contributed by atoms with Crippen LogP contribution in [0.1, 0.15) is 5.56 Å². The molecule has 0 saturated heterocycles. The molecule has 0 saturated carbocycles. The number of amides is 5. The highest BCUT2D eigenvalue weighted by atomic mass is 16.5. The quantitative estimate of drug-likeness (QED) is 0.546. The van der Waals surface area contributed by atoms with Gasteiger partial charge in [0.1, 0.15) is 17.3 Å². The molecular formula is C23H23N5O4. The minimum absolute atomic E-state index is 0.115. The molecule has 9 heteroatoms. The molecule has 5 amide bonds. The second kappa shape index (κ2) is 10.6. The van der Waals surface area contributed by atoms with Crippen molar-refractivity contribution in [1.82, 2.24) is 15.2 Å². The van der Waals surface area contributed by atoms with Gasteiger partial charge in [-0.15, -0.1) is 0 Å². The van der Waals surface area contributed by atoms with Gasteiger partial charge in [0.05, 0.1) is 6.42 Å². The van der Waals surface area contributed by atoms with Crippen molar-refractivity contribution in [2.75, 3.05) is 24.7 Å². The first-order chi connectivity index (χ1) is 15.4. The van der Waals surface area contributed by atoms with Crippen molar-refractivity contribution in [3.8, 4) is 11.5 Å². The van der Waals surface area contributed by atoms with Gasteiger partial charge in [-0.25, -0.2) is 14.6 Å². The Morgan fingerprint density at radius 1 is 0.906 bits per heavy atom. The van der Waals surface area contributed by atoms with Gasteiger partial charge >= 0.3 is 12.1 Å². The highest BCUT2D eigenvalue weighted by molar-refractivity contribution is 6.01. The van der Waals surface area contributed by atoms with E-state index in [1.54, 1.807) is 50.5 Å². The largest absolute Gasteiger partial charge is 0.457 e. The predicted molar refractivity (Wildman–Crippen MR) is 121 cm³/mol. The zero-order valence-electron chi connectivity index (χ0n) is 17.7. The number of hydrogen-bond acceptors (Lipinski definition) is 5. The second-order valence-corrected chi connectivity index (χ2v) is 6.99. The first-order valence-corrected chi connectivity index (χ1v) is 9.76. The van der Waals surface area contributed by atoms with Gasteiger partial charge in [-0.05, 0) is 35.9 Å². The molecule has 3 aromatic rings. The van der Waals surface area contributed by atoms with E-state index in [2.05, 4.69) is 20.9 Å². The number of nitrogens with one attached hydrogen (secondary N) is 3. The number of pyridine rings is 1. The number of ether oxygens (including phenoxy) is 1. The summed E-state index contributed by atoms with van der Waals surface area (Å²) in [4.78, 5) is 41.2. The Balaban J connectivity index is 1.52. The fraction of sp³-hybridized carbons (Fsp3) is 0.130. The Morgan fingerprint density at radius 2 is 1.62 bits per heavy atom. The molecule has 0 bridgehead atoms. The zero-order chi connectivity index (χ0) is 22.9. The average Bonchev–Trinajstić information content (AvgIpc) is 2.76. The van der Waals surface area contributed by atoms with E-state index < -0.39 is 11.9 Å². The molecule has 9 nitrogen and oxygen atoms in total. The molecule has 0 spiro atoms. The minimum Gasteiger partial charge on any atom is -0.457 e. The van der Waals surface area contributed by atoms with Crippen LogP contribution in [0.4, 0.5) is 21.1 Å². The molecule has 1 heterocycles. The van der Waals surface area contributed by atoms with Crippen LogP contribution in [0, 0.1) is 0 Å². The van der Waals surface area contributed by atoms with Crippen LogP contribution in [0.5, 0.6) is 11.5 Å². The Labute approximate surface area is 185 Å². The minimum atomic E-state index is -0.616. The summed E-state index contributed by atoms with van der Waals surface area (Å²) in [5.74, 6) is 0.964. The predicted octanol–water partition coefficient (Wildman–Crippen LogP) is 3.86. The number of imide groups is 1. The van der Waals surface area contributed by atoms with E-state index in [0.717, 1.165) is 5.56 Å². The van der Waals surface area contributed by atoms with Gasteiger partial charge in [-0.2, -0.15) is 0 Å². The summed E-state index contributed by atoms with van der Waals surface area (Å²) in [6, 6.07) is 18.1. The molecule has 0 aliphatic carbocycles. The van der Waals surface area contributed by atoms with Crippen LogP contribution in [0.15, 0.2) is 72.9 Å². The Kier molecular flexibility index (Phi) is 7.37. The number of rotatable bonds is 6. The first kappa shape index (κ1) is 22.3. The van der Waals surface area contributed by atoms with E-state index in [-0.39, 0.29) is 12.5 Å². The number of urea groups is 2. The maximum Gasteiger partial charge on any atom is 0.325 e. The van der Waals surface area contributed by atoms with Crippen molar-refractivity contribution < 1.29 is 19.1 Å². The molecule has 32 heavy (non-hydrogen) atoms. The van der Waals surface area contributed by atoms with Gasteiger partial charge in [0.25, 0.3) is 0 Å². The fourth-order valence-electron chi connectivity index (χ4n) is 2.62. The molecule has 0 unspecified atom stereocenters. The molecule has 0 atom stereocenters. The Bertz CT molecular complexity index is 1090. The highest BCUT2D eigenvalue weighted by Gasteiger charge is 2.10. The van der Waals surface area contributed by atoms with E-state index in [1.807, 2.05) is 30.3 Å². The third-order valence-electron chi connectivity index (χ3n) is 4.18. The van der Waals surface area contributed by atoms with Crippen LogP contribution >= 0.6 is 0 Å². The number of hydrogen-bond donors (Lipinski definition) is 3. The van der Waals surface area contributed by atoms with Crippen molar-refractivity contribution in [2.45, 2.75) is 6.42 Å². The third-order valence-corrected chi connectivity index (χ3v) is 4.18. The monoisotopic (exact) mass is 433 g/mol. The fourth-order valence-corrected chi connectivity index (χ4v) is 2.62. The molecule has 2 aromatic carbocycles. The van der Waals surface area contributed by atoms with Crippen LogP contribution in [-0.2, 0) is 11.2 Å². The summed E-state index contributed by atoms with van der Waals surface area (Å²) < 4.78 is 5.76. The van der Waals surface area contributed by atoms with Crippen LogP contribution < -0.4 is 20.7 Å². The molecule has 0 radical (unpaired) electrons. The van der Waals surface area contributed by atoms with E-state index in [0.29, 0.717) is 23.0 Å². The van der Waals surface area contributed by atoms with Crippen molar-refractivity contribution in [1.29, 1.82) is 0 Å². The lowest BCUT2D eigenvalue weighted by atomic mass is 10.1. The molecule has 1 aromatic heterocycles. The Hall–Kier alpha value is -4.40. The molecule has 0 aliphatic rings. The summed E-state index contributed by atoms with van der Waals surface area (Å²) in [6.07, 6.45) is 1.64. The van der Waals surface area contributed by atoms with Gasteiger partial charge in [0.2, 0.25) is 5.91 Å². The van der Waals surface area contributed by atoms with Crippen LogP contribution in [0.25, 0.3) is 0 Å². The molecular weight excluding hydrogens is 410 g/mol. The topological polar surface area (TPSA) is 113 Å². The lowest BCUT2D eigenvalue weighted by Crippen LogP contribution is -2.35. The highest BCUT2D eigenvalue weighted by Crippen LogP contribution is 2.24. The maximum absolute atomic E-state index is 12.0. The number of benzene rings is 2. The summed E-state index contributed by atoms with van der Waals surface area (Å²) >= 11 is 0. The normalized spacial score (nSPS) is 10.1. The number of nitrogens with zero attached hydrogens (tertiary/aromatic N) is 2. The summed E-state index contributed by atoms with van der Waals surface area (Å²) in [5, 5.41) is 7.54. The standard InChI is InChI=1S/C23H23N5O4/c1-28(2)23(31)26-20-15-19(12-13-24-20)32-18-10-8-17(9-11-18)25-22(30)27-21(29)14-16-6-4-3-5-7-16/h3-13,15H,14H2,1-2H3,(H,24,26,31)(H2,25,27,29,30). The van der Waals surface area contributed by atoms with Gasteiger partial charge in [-0.1, -0.05) is 30.3 Å². The third kappa shape index (κ3) is 6.84. The molecule has 0 fully saturated rings. The Morgan fingerprint density at radius 3 is 2.31 bits per heavy atom. The lowest BCUT2D eigenvalue weighted by molar-refractivity contribution is -0.119. The van der Waals surface area contributed by atoms with Gasteiger partial charge in [0, 0.05) is 32.0 Å². The smallest absolute Gasteiger partial charge is 0.325 e. The number of carbonyl (C=O) groups excluding carboxylic acids is 3. The lowest BCUT2D eigenvalue weighted by Gasteiger charge is -2.12. The van der Waals surface area contributed by atoms with Crippen LogP contribution in [0.2, 0.25) is 0 Å². The van der Waals surface area contributed by atoms with Crippen molar-refractivity contribution in [2.24, 2.45) is 0 Å². The summed E-state index contributed by atoms with van der Waals surface area (Å²) in [7, 11) is 3.26. The average molecular weight is 433 g/mol. The van der Waals surface area contributed by atoms with E-state index in [9.17, 15) is 14.4 Å². The first-order valence-electron chi connectivity index (χ1n) is 9.76. The zero-order valence-corrected chi connectivity index (χ0v) is 17.7. The van der Waals surface area contributed by atoms with Crippen LogP contribution in [0.3, 0.4) is 0 Å². The maximum atomic E-state index is 12.0. The molecule has 0 aliphatic heterocycles. The molecule has 3 rings (SSSR count). The summed E-state index contributed by atoms with van der Waals surface area (Å²) in [5.41, 5.74) is 1.32. The second-order valence-electron chi connectivity index (χ2n) is 6.99. The van der Waals surface area contributed by atoms with Crippen LogP contribution in [-0.4, -0.2) is 41.9 Å². The molecule has 3 N–H and O–H groups in total. The van der Waals surface area contributed by atoms with Gasteiger partial charge in [0.15, 0.2) is 0 Å². The van der Waals surface area contributed by atoms with E-state index >= 15 is 0 Å². The van der Waals surface area contributed by atoms with Crippen molar-refractivity contribution in [3.05, 3.63) is 78.5 Å². The number of carbonyl (C=O) groups is 3. The van der Waals surface area contributed by atoms with Gasteiger partial charge in [-0.3, -0.25) is 15.4 Å². The van der Waals surface area contributed by atoms with E-state index in [1.165, 1.54) is 11.1 Å². The van der Waals surface area contributed by atoms with Crippen molar-refractivity contribution >= 4 is 29.5 Å². The number of aromatic nitrogens is 1. The molecule has 164 valence electrons. The summed E-state index contributed by atoms with van der Waals surface area (Å²) in [6.45, 7) is 0. The van der Waals surface area contributed by atoms with Gasteiger partial charge < -0.3 is 15.0 Å². The SMILES string of the molecule is CN(C)C(=O)Nc1cc(Oc2ccc(NC(=O)NC(=O)Cc3ccccc3)cc2)ccn1. The van der Waals surface area contributed by atoms with E-state index in [4.69, 9.17) is 4.74 Å².